The van der Waals surface area contributed by atoms with E-state index in [4.69, 9.17) is 5.73 Å². The summed E-state index contributed by atoms with van der Waals surface area (Å²) in [6.45, 7) is 8.01. The van der Waals surface area contributed by atoms with E-state index in [0.29, 0.717) is 0 Å². The molecule has 94 valence electrons. The van der Waals surface area contributed by atoms with Gasteiger partial charge in [0.05, 0.1) is 0 Å². The molecule has 0 aromatic heterocycles. The largest absolute Gasteiger partial charge is 0.398 e. The number of piperidine rings is 1. The average molecular weight is 297 g/mol. The molecule has 0 radical (unpaired) electrons. The predicted octanol–water partition coefficient (Wildman–Crippen LogP) is 3.51. The molecule has 2 atom stereocenters. The monoisotopic (exact) mass is 296 g/mol. The van der Waals surface area contributed by atoms with Crippen LogP contribution in [0.3, 0.4) is 0 Å². The lowest BCUT2D eigenvalue weighted by atomic mass is 9.91. The van der Waals surface area contributed by atoms with Crippen molar-refractivity contribution in [2.24, 2.45) is 11.8 Å². The van der Waals surface area contributed by atoms with E-state index in [1.807, 2.05) is 12.1 Å². The number of nitrogen functional groups attached to an aromatic ring is 1. The molecule has 1 aliphatic rings. The molecule has 0 saturated carbocycles. The number of halogens is 1. The molecule has 1 aromatic rings. The van der Waals surface area contributed by atoms with Crippen molar-refractivity contribution in [1.29, 1.82) is 0 Å². The SMILES string of the molecule is CC1CC(C)CN(Cc2c(N)cccc2Br)C1. The van der Waals surface area contributed by atoms with Crippen molar-refractivity contribution in [1.82, 2.24) is 4.90 Å². The number of hydrogen-bond donors (Lipinski definition) is 1. The second-order valence-electron chi connectivity index (χ2n) is 5.45. The van der Waals surface area contributed by atoms with Crippen molar-refractivity contribution in [3.05, 3.63) is 28.2 Å². The van der Waals surface area contributed by atoms with E-state index in [1.165, 1.54) is 25.1 Å². The molecule has 0 aliphatic carbocycles. The van der Waals surface area contributed by atoms with Crippen molar-refractivity contribution in [3.8, 4) is 0 Å². The van der Waals surface area contributed by atoms with Gasteiger partial charge in [0.1, 0.15) is 0 Å². The van der Waals surface area contributed by atoms with Crippen molar-refractivity contribution in [3.63, 3.8) is 0 Å². The zero-order chi connectivity index (χ0) is 12.4. The maximum atomic E-state index is 6.05. The second kappa shape index (κ2) is 5.40. The molecule has 2 unspecified atom stereocenters. The van der Waals surface area contributed by atoms with Crippen LogP contribution >= 0.6 is 15.9 Å². The first-order valence-corrected chi connectivity index (χ1v) is 7.10. The highest BCUT2D eigenvalue weighted by atomic mass is 79.9. The topological polar surface area (TPSA) is 29.3 Å². The van der Waals surface area contributed by atoms with Gasteiger partial charge in [-0.1, -0.05) is 35.8 Å². The van der Waals surface area contributed by atoms with Crippen LogP contribution in [0.4, 0.5) is 5.69 Å². The Hall–Kier alpha value is -0.540. The first kappa shape index (κ1) is 12.9. The van der Waals surface area contributed by atoms with Crippen molar-refractivity contribution in [2.45, 2.75) is 26.8 Å². The van der Waals surface area contributed by atoms with E-state index in [0.717, 1.165) is 28.5 Å². The van der Waals surface area contributed by atoms with Gasteiger partial charge in [-0.15, -0.1) is 0 Å². The fraction of sp³-hybridized carbons (Fsp3) is 0.571. The van der Waals surface area contributed by atoms with Gasteiger partial charge in [-0.05, 0) is 30.4 Å². The third-order valence-electron chi connectivity index (χ3n) is 3.48. The third-order valence-corrected chi connectivity index (χ3v) is 4.22. The Kier molecular flexibility index (Phi) is 4.10. The van der Waals surface area contributed by atoms with Crippen LogP contribution in [0.15, 0.2) is 22.7 Å². The third kappa shape index (κ3) is 3.23. The maximum absolute atomic E-state index is 6.05. The molecule has 1 heterocycles. The highest BCUT2D eigenvalue weighted by Crippen LogP contribution is 2.27. The molecule has 1 saturated heterocycles. The molecule has 2 rings (SSSR count). The summed E-state index contributed by atoms with van der Waals surface area (Å²) in [5, 5.41) is 0. The van der Waals surface area contributed by atoms with Crippen molar-refractivity contribution >= 4 is 21.6 Å². The van der Waals surface area contributed by atoms with Gasteiger partial charge in [0.15, 0.2) is 0 Å². The number of benzene rings is 1. The fourth-order valence-corrected chi connectivity index (χ4v) is 3.39. The number of likely N-dealkylation sites (tertiary alicyclic amines) is 1. The van der Waals surface area contributed by atoms with Gasteiger partial charge in [0.2, 0.25) is 0 Å². The normalized spacial score (nSPS) is 26.1. The van der Waals surface area contributed by atoms with Crippen LogP contribution in [0.1, 0.15) is 25.8 Å². The molecule has 1 aliphatic heterocycles. The first-order chi connectivity index (χ1) is 8.06. The van der Waals surface area contributed by atoms with Gasteiger partial charge < -0.3 is 5.73 Å². The summed E-state index contributed by atoms with van der Waals surface area (Å²) in [6.07, 6.45) is 1.35. The van der Waals surface area contributed by atoms with E-state index in [-0.39, 0.29) is 0 Å². The van der Waals surface area contributed by atoms with Gasteiger partial charge in [0, 0.05) is 35.4 Å². The molecule has 0 spiro atoms. The summed E-state index contributed by atoms with van der Waals surface area (Å²) in [7, 11) is 0. The number of anilines is 1. The van der Waals surface area contributed by atoms with Crippen molar-refractivity contribution < 1.29 is 0 Å². The summed E-state index contributed by atoms with van der Waals surface area (Å²) in [5.41, 5.74) is 8.18. The van der Waals surface area contributed by atoms with Gasteiger partial charge in [-0.3, -0.25) is 4.90 Å². The predicted molar refractivity (Wildman–Crippen MR) is 76.8 cm³/mol. The first-order valence-electron chi connectivity index (χ1n) is 6.31. The van der Waals surface area contributed by atoms with Crippen molar-refractivity contribution in [2.75, 3.05) is 18.8 Å². The van der Waals surface area contributed by atoms with Crippen LogP contribution in [-0.2, 0) is 6.54 Å². The second-order valence-corrected chi connectivity index (χ2v) is 6.30. The molecular weight excluding hydrogens is 276 g/mol. The maximum Gasteiger partial charge on any atom is 0.0371 e. The van der Waals surface area contributed by atoms with Crippen LogP contribution in [0.2, 0.25) is 0 Å². The lowest BCUT2D eigenvalue weighted by Crippen LogP contribution is -2.38. The highest BCUT2D eigenvalue weighted by Gasteiger charge is 2.22. The standard InChI is InChI=1S/C14H21BrN2/c1-10-6-11(2)8-17(7-10)9-12-13(15)4-3-5-14(12)16/h3-5,10-11H,6-9,16H2,1-2H3. The van der Waals surface area contributed by atoms with Crippen LogP contribution in [0, 0.1) is 11.8 Å². The Bertz CT molecular complexity index is 362. The lowest BCUT2D eigenvalue weighted by Gasteiger charge is -2.35. The molecule has 3 heteroatoms. The number of hydrogen-bond acceptors (Lipinski definition) is 2. The summed E-state index contributed by atoms with van der Waals surface area (Å²) < 4.78 is 1.13. The molecule has 0 amide bonds. The molecule has 1 aromatic carbocycles. The molecule has 17 heavy (non-hydrogen) atoms. The minimum absolute atomic E-state index is 0.794. The highest BCUT2D eigenvalue weighted by molar-refractivity contribution is 9.10. The average Bonchev–Trinajstić information content (AvgIpc) is 2.22. The van der Waals surface area contributed by atoms with Crippen LogP contribution in [0.25, 0.3) is 0 Å². The minimum atomic E-state index is 0.794. The zero-order valence-electron chi connectivity index (χ0n) is 10.6. The zero-order valence-corrected chi connectivity index (χ0v) is 12.2. The summed E-state index contributed by atoms with van der Waals surface area (Å²) in [6, 6.07) is 6.05. The van der Waals surface area contributed by atoms with Crippen LogP contribution in [0.5, 0.6) is 0 Å². The smallest absolute Gasteiger partial charge is 0.0371 e. The Balaban J connectivity index is 2.10. The Morgan fingerprint density at radius 1 is 1.29 bits per heavy atom. The Labute approximate surface area is 112 Å². The lowest BCUT2D eigenvalue weighted by molar-refractivity contribution is 0.134. The van der Waals surface area contributed by atoms with E-state index >= 15 is 0 Å². The Morgan fingerprint density at radius 2 is 1.94 bits per heavy atom. The van der Waals surface area contributed by atoms with Crippen LogP contribution < -0.4 is 5.73 Å². The van der Waals surface area contributed by atoms with Crippen LogP contribution in [-0.4, -0.2) is 18.0 Å². The molecule has 1 fully saturated rings. The van der Waals surface area contributed by atoms with Gasteiger partial charge in [0.25, 0.3) is 0 Å². The summed E-state index contributed by atoms with van der Waals surface area (Å²) in [5.74, 6) is 1.59. The van der Waals surface area contributed by atoms with E-state index in [1.54, 1.807) is 0 Å². The number of nitrogens with zero attached hydrogens (tertiary/aromatic N) is 1. The summed E-state index contributed by atoms with van der Waals surface area (Å²) in [4.78, 5) is 2.52. The molecule has 2 N–H and O–H groups in total. The molecular formula is C14H21BrN2. The molecule has 2 nitrogen and oxygen atoms in total. The molecule has 0 bridgehead atoms. The van der Waals surface area contributed by atoms with Gasteiger partial charge >= 0.3 is 0 Å². The number of nitrogens with two attached hydrogens (primary N) is 1. The number of rotatable bonds is 2. The van der Waals surface area contributed by atoms with Gasteiger partial charge in [-0.2, -0.15) is 0 Å². The summed E-state index contributed by atoms with van der Waals surface area (Å²) >= 11 is 3.60. The van der Waals surface area contributed by atoms with E-state index in [9.17, 15) is 0 Å². The minimum Gasteiger partial charge on any atom is -0.398 e. The fourth-order valence-electron chi connectivity index (χ4n) is 2.89. The van der Waals surface area contributed by atoms with Gasteiger partial charge in [-0.25, -0.2) is 0 Å². The van der Waals surface area contributed by atoms with E-state index < -0.39 is 0 Å². The quantitative estimate of drug-likeness (QED) is 0.846. The van der Waals surface area contributed by atoms with E-state index in [2.05, 4.69) is 40.7 Å². The Morgan fingerprint density at radius 3 is 2.53 bits per heavy atom.